The average molecular weight is 263 g/mol. The first-order valence-electron chi connectivity index (χ1n) is 7.42. The highest BCUT2D eigenvalue weighted by atomic mass is 19.1. The molecule has 2 nitrogen and oxygen atoms in total. The van der Waals surface area contributed by atoms with Crippen molar-refractivity contribution in [3.8, 4) is 5.75 Å². The minimum atomic E-state index is -0.213. The van der Waals surface area contributed by atoms with Gasteiger partial charge in [-0.15, -0.1) is 0 Å². The van der Waals surface area contributed by atoms with Gasteiger partial charge in [-0.05, 0) is 62.8 Å². The van der Waals surface area contributed by atoms with Gasteiger partial charge < -0.3 is 10.1 Å². The van der Waals surface area contributed by atoms with Crippen LogP contribution in [-0.4, -0.2) is 18.2 Å². The molecule has 0 aromatic heterocycles. The molecule has 1 aromatic rings. The Hall–Kier alpha value is -1.09. The molecule has 1 aromatic carbocycles. The van der Waals surface area contributed by atoms with E-state index >= 15 is 0 Å². The summed E-state index contributed by atoms with van der Waals surface area (Å²) in [7, 11) is 0. The number of benzene rings is 1. The van der Waals surface area contributed by atoms with E-state index < -0.39 is 0 Å². The predicted octanol–water partition coefficient (Wildman–Crippen LogP) is 3.66. The van der Waals surface area contributed by atoms with Crippen molar-refractivity contribution in [3.05, 3.63) is 30.1 Å². The molecule has 2 fully saturated rings. The fourth-order valence-corrected chi connectivity index (χ4v) is 3.58. The van der Waals surface area contributed by atoms with Crippen molar-refractivity contribution >= 4 is 0 Å². The van der Waals surface area contributed by atoms with Gasteiger partial charge in [-0.1, -0.05) is 6.42 Å². The lowest BCUT2D eigenvalue weighted by atomic mass is 9.86. The maximum Gasteiger partial charge on any atom is 0.123 e. The Bertz CT molecular complexity index is 415. The molecule has 1 N–H and O–H groups in total. The lowest BCUT2D eigenvalue weighted by molar-refractivity contribution is 0.226. The van der Waals surface area contributed by atoms with E-state index in [9.17, 15) is 4.39 Å². The Morgan fingerprint density at radius 1 is 1.21 bits per heavy atom. The molecule has 0 amide bonds. The topological polar surface area (TPSA) is 21.3 Å². The smallest absolute Gasteiger partial charge is 0.123 e. The van der Waals surface area contributed by atoms with Crippen molar-refractivity contribution in [3.63, 3.8) is 0 Å². The first kappa shape index (κ1) is 12.9. The van der Waals surface area contributed by atoms with Crippen LogP contribution in [0.25, 0.3) is 0 Å². The minimum Gasteiger partial charge on any atom is -0.494 e. The molecule has 0 aliphatic carbocycles. The molecule has 2 unspecified atom stereocenters. The number of rotatable bonds is 5. The average Bonchev–Trinajstić information content (AvgIpc) is 2.72. The van der Waals surface area contributed by atoms with Crippen LogP contribution in [0.1, 0.15) is 44.9 Å². The molecule has 0 spiro atoms. The molecule has 2 saturated heterocycles. The van der Waals surface area contributed by atoms with E-state index in [2.05, 4.69) is 5.32 Å². The number of hydrogen-bond acceptors (Lipinski definition) is 2. The van der Waals surface area contributed by atoms with Gasteiger partial charge in [0.05, 0.1) is 6.61 Å². The lowest BCUT2D eigenvalue weighted by Gasteiger charge is -2.34. The van der Waals surface area contributed by atoms with Gasteiger partial charge in [0.25, 0.3) is 0 Å². The van der Waals surface area contributed by atoms with Crippen molar-refractivity contribution in [2.75, 3.05) is 6.61 Å². The summed E-state index contributed by atoms with van der Waals surface area (Å²) in [6, 6.07) is 7.04. The molecule has 2 atom stereocenters. The van der Waals surface area contributed by atoms with Crippen molar-refractivity contribution < 1.29 is 9.13 Å². The number of nitrogens with one attached hydrogen (secondary N) is 1. The Kier molecular flexibility index (Phi) is 3.74. The standard InChI is InChI=1S/C16H22FNO/c17-13-4-6-15(7-5-13)19-12-2-10-16-9-1-3-14(18-16)8-11-16/h4-7,14,18H,1-3,8-12H2. The summed E-state index contributed by atoms with van der Waals surface area (Å²) in [4.78, 5) is 0. The third-order valence-electron chi connectivity index (χ3n) is 4.57. The number of hydrogen-bond donors (Lipinski definition) is 1. The van der Waals surface area contributed by atoms with E-state index in [-0.39, 0.29) is 5.82 Å². The molecule has 0 radical (unpaired) electrons. The van der Waals surface area contributed by atoms with E-state index in [0.29, 0.717) is 5.54 Å². The van der Waals surface area contributed by atoms with Gasteiger partial charge >= 0.3 is 0 Å². The van der Waals surface area contributed by atoms with Crippen molar-refractivity contribution in [1.82, 2.24) is 5.32 Å². The van der Waals surface area contributed by atoms with Gasteiger partial charge in [0, 0.05) is 11.6 Å². The molecule has 0 saturated carbocycles. The number of fused-ring (bicyclic) bond motifs is 2. The van der Waals surface area contributed by atoms with Gasteiger partial charge in [-0.25, -0.2) is 4.39 Å². The summed E-state index contributed by atoms with van der Waals surface area (Å²) in [5, 5.41) is 3.80. The molecule has 3 heteroatoms. The summed E-state index contributed by atoms with van der Waals surface area (Å²) in [6.07, 6.45) is 8.99. The minimum absolute atomic E-state index is 0.213. The monoisotopic (exact) mass is 263 g/mol. The summed E-state index contributed by atoms with van der Waals surface area (Å²) in [5.41, 5.74) is 0.398. The van der Waals surface area contributed by atoms with E-state index in [1.807, 2.05) is 0 Å². The zero-order chi connectivity index (χ0) is 13.1. The first-order chi connectivity index (χ1) is 9.26. The van der Waals surface area contributed by atoms with Crippen LogP contribution in [-0.2, 0) is 0 Å². The van der Waals surface area contributed by atoms with Crippen molar-refractivity contribution in [1.29, 1.82) is 0 Å². The Morgan fingerprint density at radius 2 is 2.05 bits per heavy atom. The van der Waals surface area contributed by atoms with E-state index in [0.717, 1.165) is 24.8 Å². The molecular weight excluding hydrogens is 241 g/mol. The summed E-state index contributed by atoms with van der Waals surface area (Å²) in [6.45, 7) is 0.722. The fraction of sp³-hybridized carbons (Fsp3) is 0.625. The largest absolute Gasteiger partial charge is 0.494 e. The normalized spacial score (nSPS) is 29.4. The van der Waals surface area contributed by atoms with Crippen LogP contribution in [0.4, 0.5) is 4.39 Å². The number of ether oxygens (including phenoxy) is 1. The molecule has 104 valence electrons. The fourth-order valence-electron chi connectivity index (χ4n) is 3.58. The predicted molar refractivity (Wildman–Crippen MR) is 73.9 cm³/mol. The number of halogens is 1. The van der Waals surface area contributed by atoms with Gasteiger partial charge in [0.2, 0.25) is 0 Å². The van der Waals surface area contributed by atoms with E-state index in [1.54, 1.807) is 12.1 Å². The van der Waals surface area contributed by atoms with Gasteiger partial charge in [0.1, 0.15) is 11.6 Å². The third-order valence-corrected chi connectivity index (χ3v) is 4.57. The van der Waals surface area contributed by atoms with Crippen LogP contribution in [0, 0.1) is 5.82 Å². The molecular formula is C16H22FNO. The zero-order valence-corrected chi connectivity index (χ0v) is 11.3. The maximum absolute atomic E-state index is 12.8. The van der Waals surface area contributed by atoms with Crippen LogP contribution in [0.5, 0.6) is 5.75 Å². The van der Waals surface area contributed by atoms with Crippen LogP contribution in [0.3, 0.4) is 0 Å². The summed E-state index contributed by atoms with van der Waals surface area (Å²) >= 11 is 0. The van der Waals surface area contributed by atoms with E-state index in [1.165, 1.54) is 50.7 Å². The molecule has 2 heterocycles. The van der Waals surface area contributed by atoms with Crippen LogP contribution in [0.2, 0.25) is 0 Å². The Labute approximate surface area is 114 Å². The quantitative estimate of drug-likeness (QED) is 0.819. The summed E-state index contributed by atoms with van der Waals surface area (Å²) < 4.78 is 18.4. The highest BCUT2D eigenvalue weighted by Gasteiger charge is 2.40. The SMILES string of the molecule is Fc1ccc(OCCCC23CCCC(CC2)N3)cc1. The first-order valence-corrected chi connectivity index (χ1v) is 7.42. The second-order valence-corrected chi connectivity index (χ2v) is 5.96. The third kappa shape index (κ3) is 3.08. The highest BCUT2D eigenvalue weighted by Crippen LogP contribution is 2.38. The molecule has 2 aliphatic heterocycles. The molecule has 2 bridgehead atoms. The second-order valence-electron chi connectivity index (χ2n) is 5.96. The van der Waals surface area contributed by atoms with Gasteiger partial charge in [-0.3, -0.25) is 0 Å². The second kappa shape index (κ2) is 5.49. The Morgan fingerprint density at radius 3 is 2.89 bits per heavy atom. The molecule has 2 aliphatic rings. The van der Waals surface area contributed by atoms with Crippen LogP contribution >= 0.6 is 0 Å². The van der Waals surface area contributed by atoms with Crippen molar-refractivity contribution in [2.24, 2.45) is 0 Å². The van der Waals surface area contributed by atoms with Crippen molar-refractivity contribution in [2.45, 2.75) is 56.5 Å². The Balaban J connectivity index is 1.42. The van der Waals surface area contributed by atoms with Crippen LogP contribution < -0.4 is 10.1 Å². The zero-order valence-electron chi connectivity index (χ0n) is 11.3. The van der Waals surface area contributed by atoms with Gasteiger partial charge in [0.15, 0.2) is 0 Å². The maximum atomic E-state index is 12.8. The highest BCUT2D eigenvalue weighted by molar-refractivity contribution is 5.21. The molecule has 3 rings (SSSR count). The van der Waals surface area contributed by atoms with Gasteiger partial charge in [-0.2, -0.15) is 0 Å². The summed E-state index contributed by atoms with van der Waals surface area (Å²) in [5.74, 6) is 0.550. The number of piperidine rings is 1. The van der Waals surface area contributed by atoms with Crippen LogP contribution in [0.15, 0.2) is 24.3 Å². The lowest BCUT2D eigenvalue weighted by Crippen LogP contribution is -2.46. The van der Waals surface area contributed by atoms with E-state index in [4.69, 9.17) is 4.74 Å². The molecule has 19 heavy (non-hydrogen) atoms.